The summed E-state index contributed by atoms with van der Waals surface area (Å²) < 4.78 is 0. The van der Waals surface area contributed by atoms with E-state index in [1.807, 2.05) is 0 Å². The zero-order chi connectivity index (χ0) is 12.1. The average Bonchev–Trinajstić information content (AvgIpc) is 2.12. The van der Waals surface area contributed by atoms with Crippen LogP contribution >= 0.6 is 0 Å². The number of benzene rings is 1. The van der Waals surface area contributed by atoms with Gasteiger partial charge in [0, 0.05) is 23.5 Å². The molecule has 0 aliphatic carbocycles. The smallest absolute Gasteiger partial charge is 0.303 e. The number of nitrogens with one attached hydrogen (secondary N) is 1. The van der Waals surface area contributed by atoms with Crippen molar-refractivity contribution in [1.29, 1.82) is 0 Å². The van der Waals surface area contributed by atoms with Crippen LogP contribution in [0, 0.1) is 0 Å². The molecule has 0 spiro atoms. The highest BCUT2D eigenvalue weighted by Gasteiger charge is 2.06. The summed E-state index contributed by atoms with van der Waals surface area (Å²) in [6.07, 6.45) is -0.284. The van der Waals surface area contributed by atoms with Crippen molar-refractivity contribution in [2.24, 2.45) is 0 Å². The Morgan fingerprint density at radius 3 is 2.19 bits per heavy atom. The summed E-state index contributed by atoms with van der Waals surface area (Å²) in [4.78, 5) is 21.5. The first kappa shape index (κ1) is 11.8. The molecule has 1 amide bonds. The molecule has 0 unspecified atom stereocenters. The lowest BCUT2D eigenvalue weighted by molar-refractivity contribution is -0.138. The van der Waals surface area contributed by atoms with Crippen molar-refractivity contribution in [2.45, 2.75) is 12.8 Å². The predicted molar refractivity (Wildman–Crippen MR) is 60.8 cm³/mol. The van der Waals surface area contributed by atoms with Gasteiger partial charge in [0.2, 0.25) is 5.91 Å². The first-order valence-electron chi connectivity index (χ1n) is 4.65. The minimum absolute atomic E-state index is 0.0793. The number of rotatable bonds is 4. The van der Waals surface area contributed by atoms with Crippen molar-refractivity contribution in [3.8, 4) is 0 Å². The van der Waals surface area contributed by atoms with E-state index in [2.05, 4.69) is 5.32 Å². The molecular formula is C10H13N3O3. The number of carboxylic acid groups (broad SMARTS) is 1. The minimum Gasteiger partial charge on any atom is -0.481 e. The normalized spacial score (nSPS) is 9.75. The van der Waals surface area contributed by atoms with Crippen LogP contribution in [-0.2, 0) is 9.59 Å². The van der Waals surface area contributed by atoms with E-state index >= 15 is 0 Å². The third kappa shape index (κ3) is 3.87. The molecule has 0 saturated heterocycles. The van der Waals surface area contributed by atoms with Crippen LogP contribution in [0.4, 0.5) is 17.1 Å². The number of amides is 1. The van der Waals surface area contributed by atoms with Gasteiger partial charge in [0.1, 0.15) is 0 Å². The van der Waals surface area contributed by atoms with Crippen molar-refractivity contribution < 1.29 is 14.7 Å². The monoisotopic (exact) mass is 223 g/mol. The van der Waals surface area contributed by atoms with E-state index in [1.165, 1.54) is 0 Å². The number of hydrogen-bond acceptors (Lipinski definition) is 4. The maximum Gasteiger partial charge on any atom is 0.303 e. The summed E-state index contributed by atoms with van der Waals surface area (Å²) in [7, 11) is 0. The lowest BCUT2D eigenvalue weighted by Gasteiger charge is -2.06. The molecule has 1 rings (SSSR count). The van der Waals surface area contributed by atoms with E-state index in [9.17, 15) is 9.59 Å². The first-order chi connectivity index (χ1) is 7.47. The summed E-state index contributed by atoms with van der Waals surface area (Å²) in [5.74, 6) is -1.39. The molecule has 1 aromatic rings. The fourth-order valence-corrected chi connectivity index (χ4v) is 1.19. The van der Waals surface area contributed by atoms with Crippen LogP contribution in [0.2, 0.25) is 0 Å². The molecule has 16 heavy (non-hydrogen) atoms. The highest BCUT2D eigenvalue weighted by Crippen LogP contribution is 2.18. The van der Waals surface area contributed by atoms with Crippen LogP contribution in [-0.4, -0.2) is 17.0 Å². The first-order valence-corrected chi connectivity index (χ1v) is 4.65. The Balaban J connectivity index is 2.59. The summed E-state index contributed by atoms with van der Waals surface area (Å²) in [5, 5.41) is 10.9. The van der Waals surface area contributed by atoms with Crippen LogP contribution < -0.4 is 16.8 Å². The topological polar surface area (TPSA) is 118 Å². The van der Waals surface area contributed by atoms with Gasteiger partial charge in [-0.2, -0.15) is 0 Å². The molecule has 6 nitrogen and oxygen atoms in total. The number of hydrogen-bond donors (Lipinski definition) is 4. The second-order valence-corrected chi connectivity index (χ2v) is 3.33. The Morgan fingerprint density at radius 1 is 1.12 bits per heavy atom. The second kappa shape index (κ2) is 5.01. The van der Waals surface area contributed by atoms with Gasteiger partial charge in [0.15, 0.2) is 0 Å². The molecule has 0 radical (unpaired) electrons. The molecule has 6 N–H and O–H groups in total. The Morgan fingerprint density at radius 2 is 1.69 bits per heavy atom. The molecule has 0 aliphatic rings. The van der Waals surface area contributed by atoms with Crippen LogP contribution in [0.1, 0.15) is 12.8 Å². The van der Waals surface area contributed by atoms with Crippen LogP contribution in [0.15, 0.2) is 18.2 Å². The van der Waals surface area contributed by atoms with Crippen molar-refractivity contribution in [3.63, 3.8) is 0 Å². The number of carboxylic acids is 1. The molecule has 0 aliphatic heterocycles. The summed E-state index contributed by atoms with van der Waals surface area (Å²) in [5.41, 5.74) is 12.4. The lowest BCUT2D eigenvalue weighted by Crippen LogP contribution is -2.13. The van der Waals surface area contributed by atoms with Gasteiger partial charge in [-0.1, -0.05) is 0 Å². The number of carbonyl (C=O) groups is 2. The van der Waals surface area contributed by atoms with Gasteiger partial charge in [0.05, 0.1) is 6.42 Å². The summed E-state index contributed by atoms with van der Waals surface area (Å²) in [6.45, 7) is 0. The highest BCUT2D eigenvalue weighted by molar-refractivity contribution is 5.93. The minimum atomic E-state index is -1.01. The molecule has 0 saturated carbocycles. The molecule has 86 valence electrons. The van der Waals surface area contributed by atoms with Crippen LogP contribution in [0.5, 0.6) is 0 Å². The van der Waals surface area contributed by atoms with Crippen molar-refractivity contribution in [3.05, 3.63) is 18.2 Å². The van der Waals surface area contributed by atoms with Crippen LogP contribution in [0.25, 0.3) is 0 Å². The van der Waals surface area contributed by atoms with Crippen molar-refractivity contribution in [2.75, 3.05) is 16.8 Å². The highest BCUT2D eigenvalue weighted by atomic mass is 16.4. The number of aliphatic carboxylic acids is 1. The third-order valence-electron chi connectivity index (χ3n) is 1.83. The number of nitrogens with two attached hydrogens (primary N) is 2. The van der Waals surface area contributed by atoms with Gasteiger partial charge in [-0.15, -0.1) is 0 Å². The maximum atomic E-state index is 11.3. The Kier molecular flexibility index (Phi) is 3.71. The van der Waals surface area contributed by atoms with Gasteiger partial charge in [0.25, 0.3) is 0 Å². The van der Waals surface area contributed by atoms with Crippen molar-refractivity contribution >= 4 is 28.9 Å². The fourth-order valence-electron chi connectivity index (χ4n) is 1.19. The van der Waals surface area contributed by atoms with E-state index in [0.717, 1.165) is 0 Å². The Bertz CT molecular complexity index is 398. The third-order valence-corrected chi connectivity index (χ3v) is 1.83. The van der Waals surface area contributed by atoms with Crippen molar-refractivity contribution in [1.82, 2.24) is 0 Å². The number of anilines is 3. The standard InChI is InChI=1S/C10H13N3O3/c11-6-3-7(12)5-8(4-6)13-9(14)1-2-10(15)16/h3-5H,1-2,11-12H2,(H,13,14)(H,15,16). The van der Waals surface area contributed by atoms with Gasteiger partial charge in [-0.05, 0) is 18.2 Å². The molecule has 0 aromatic heterocycles. The predicted octanol–water partition coefficient (Wildman–Crippen LogP) is 0.654. The summed E-state index contributed by atoms with van der Waals surface area (Å²) >= 11 is 0. The Labute approximate surface area is 92.2 Å². The van der Waals surface area contributed by atoms with Gasteiger partial charge in [-0.25, -0.2) is 0 Å². The second-order valence-electron chi connectivity index (χ2n) is 3.33. The van der Waals surface area contributed by atoms with Gasteiger partial charge >= 0.3 is 5.97 Å². The van der Waals surface area contributed by atoms with E-state index in [1.54, 1.807) is 18.2 Å². The lowest BCUT2D eigenvalue weighted by atomic mass is 10.2. The van der Waals surface area contributed by atoms with E-state index < -0.39 is 5.97 Å². The zero-order valence-corrected chi connectivity index (χ0v) is 8.56. The largest absolute Gasteiger partial charge is 0.481 e. The molecule has 6 heteroatoms. The van der Waals surface area contributed by atoms with E-state index in [0.29, 0.717) is 17.1 Å². The van der Waals surface area contributed by atoms with Gasteiger partial charge in [-0.3, -0.25) is 9.59 Å². The quantitative estimate of drug-likeness (QED) is 0.559. The van der Waals surface area contributed by atoms with E-state index in [-0.39, 0.29) is 18.7 Å². The summed E-state index contributed by atoms with van der Waals surface area (Å²) in [6, 6.07) is 4.66. The number of nitrogen functional groups attached to an aromatic ring is 2. The average molecular weight is 223 g/mol. The number of carbonyl (C=O) groups excluding carboxylic acids is 1. The molecule has 1 aromatic carbocycles. The van der Waals surface area contributed by atoms with Crippen LogP contribution in [0.3, 0.4) is 0 Å². The molecule has 0 fully saturated rings. The molecule has 0 heterocycles. The molecule has 0 bridgehead atoms. The maximum absolute atomic E-state index is 11.3. The Hall–Kier alpha value is -2.24. The fraction of sp³-hybridized carbons (Fsp3) is 0.200. The zero-order valence-electron chi connectivity index (χ0n) is 8.56. The molecular weight excluding hydrogens is 210 g/mol. The molecule has 0 atom stereocenters. The van der Waals surface area contributed by atoms with Gasteiger partial charge < -0.3 is 21.9 Å². The van der Waals surface area contributed by atoms with E-state index in [4.69, 9.17) is 16.6 Å². The SMILES string of the molecule is Nc1cc(N)cc(NC(=O)CCC(=O)O)c1.